The van der Waals surface area contributed by atoms with E-state index in [9.17, 15) is 18.3 Å². The van der Waals surface area contributed by atoms with Crippen LogP contribution >= 0.6 is 0 Å². The number of ketones is 1. The van der Waals surface area contributed by atoms with Crippen LogP contribution in [0.3, 0.4) is 0 Å². The van der Waals surface area contributed by atoms with E-state index in [0.717, 1.165) is 18.7 Å². The van der Waals surface area contributed by atoms with Gasteiger partial charge < -0.3 is 5.11 Å². The quantitative estimate of drug-likeness (QED) is 0.410. The molecule has 1 atom stereocenters. The minimum atomic E-state index is -3.86. The predicted octanol–water partition coefficient (Wildman–Crippen LogP) is 5.33. The van der Waals surface area contributed by atoms with Gasteiger partial charge in [0.2, 0.25) is 0 Å². The van der Waals surface area contributed by atoms with Gasteiger partial charge in [-0.15, -0.1) is 0 Å². The molecule has 0 aliphatic rings. The second kappa shape index (κ2) is 10.8. The molecule has 174 valence electrons. The maximum atomic E-state index is 13.7. The Labute approximate surface area is 196 Å². The lowest BCUT2D eigenvalue weighted by molar-refractivity contribution is 0.0980. The maximum Gasteiger partial charge on any atom is 0.185 e. The van der Waals surface area contributed by atoms with Gasteiger partial charge in [0.15, 0.2) is 15.6 Å². The van der Waals surface area contributed by atoms with Crippen molar-refractivity contribution in [1.29, 1.82) is 0 Å². The topological polar surface area (TPSA) is 74.7 Å². The normalized spacial score (nSPS) is 12.6. The largest absolute Gasteiger partial charge is 0.508 e. The van der Waals surface area contributed by atoms with Crippen molar-refractivity contribution < 1.29 is 18.3 Å². The second-order valence-corrected chi connectivity index (χ2v) is 10.3. The van der Waals surface area contributed by atoms with Crippen LogP contribution in [0.1, 0.15) is 52.6 Å². The van der Waals surface area contributed by atoms with Gasteiger partial charge in [-0.05, 0) is 49.8 Å². The van der Waals surface area contributed by atoms with E-state index in [4.69, 9.17) is 0 Å². The maximum absolute atomic E-state index is 13.7. The lowest BCUT2D eigenvalue weighted by Crippen LogP contribution is -2.23. The van der Waals surface area contributed by atoms with Gasteiger partial charge in [-0.1, -0.05) is 67.9 Å². The molecule has 0 amide bonds. The fourth-order valence-electron chi connectivity index (χ4n) is 3.83. The first-order valence-corrected chi connectivity index (χ1v) is 12.7. The summed E-state index contributed by atoms with van der Waals surface area (Å²) in [5.74, 6) is -0.124. The molecule has 0 spiro atoms. The lowest BCUT2D eigenvalue weighted by Gasteiger charge is -2.22. The fraction of sp³-hybridized carbons (Fsp3) is 0.296. The molecule has 0 heterocycles. The number of nitrogens with zero attached hydrogens (tertiary/aromatic N) is 1. The van der Waals surface area contributed by atoms with Crippen LogP contribution in [-0.2, 0) is 16.4 Å². The lowest BCUT2D eigenvalue weighted by atomic mass is 10.00. The van der Waals surface area contributed by atoms with Crippen LogP contribution in [0.15, 0.2) is 77.7 Å². The highest BCUT2D eigenvalue weighted by Crippen LogP contribution is 2.35. The van der Waals surface area contributed by atoms with Gasteiger partial charge in [0, 0.05) is 24.1 Å². The summed E-state index contributed by atoms with van der Waals surface area (Å²) in [6.45, 7) is 8.07. The molecule has 0 radical (unpaired) electrons. The first-order chi connectivity index (χ1) is 15.8. The van der Waals surface area contributed by atoms with E-state index in [1.165, 1.54) is 6.07 Å². The van der Waals surface area contributed by atoms with Crippen LogP contribution in [0.2, 0.25) is 0 Å². The monoisotopic (exact) mass is 465 g/mol. The first kappa shape index (κ1) is 24.7. The summed E-state index contributed by atoms with van der Waals surface area (Å²) in [4.78, 5) is 15.4. The van der Waals surface area contributed by atoms with Gasteiger partial charge in [-0.2, -0.15) is 0 Å². The second-order valence-electron chi connectivity index (χ2n) is 8.19. The molecule has 0 aliphatic carbocycles. The van der Waals surface area contributed by atoms with E-state index < -0.39 is 15.1 Å². The number of benzene rings is 3. The van der Waals surface area contributed by atoms with Crippen LogP contribution in [0, 0.1) is 6.92 Å². The Morgan fingerprint density at radius 1 is 0.939 bits per heavy atom. The third kappa shape index (κ3) is 5.89. The molecular weight excluding hydrogens is 434 g/mol. The Morgan fingerprint density at radius 2 is 1.58 bits per heavy atom. The number of sulfone groups is 1. The number of hydrogen-bond donors (Lipinski definition) is 1. The smallest absolute Gasteiger partial charge is 0.185 e. The number of carbonyl (C=O) groups is 1. The number of phenolic OH excluding ortho intramolecular Hbond substituents is 1. The Hall–Kier alpha value is -2.96. The molecule has 3 rings (SSSR count). The van der Waals surface area contributed by atoms with E-state index in [1.54, 1.807) is 60.7 Å². The molecule has 0 bridgehead atoms. The summed E-state index contributed by atoms with van der Waals surface area (Å²) in [5.41, 5.74) is 2.58. The molecule has 0 fully saturated rings. The van der Waals surface area contributed by atoms with Crippen molar-refractivity contribution >= 4 is 15.6 Å². The molecule has 0 saturated carbocycles. The molecule has 1 N–H and O–H groups in total. The van der Waals surface area contributed by atoms with Crippen LogP contribution in [0.25, 0.3) is 0 Å². The van der Waals surface area contributed by atoms with Gasteiger partial charge >= 0.3 is 0 Å². The highest BCUT2D eigenvalue weighted by atomic mass is 32.2. The van der Waals surface area contributed by atoms with Crippen molar-refractivity contribution in [3.63, 3.8) is 0 Å². The Balaban J connectivity index is 2.07. The predicted molar refractivity (Wildman–Crippen MR) is 131 cm³/mol. The Bertz CT molecular complexity index is 1180. The molecule has 5 nitrogen and oxygen atoms in total. The highest BCUT2D eigenvalue weighted by Gasteiger charge is 2.32. The van der Waals surface area contributed by atoms with E-state index >= 15 is 0 Å². The molecule has 0 unspecified atom stereocenters. The first-order valence-electron chi connectivity index (χ1n) is 11.2. The zero-order valence-electron chi connectivity index (χ0n) is 19.4. The van der Waals surface area contributed by atoms with E-state index in [0.29, 0.717) is 23.2 Å². The van der Waals surface area contributed by atoms with Gasteiger partial charge in [-0.25, -0.2) is 8.42 Å². The SMILES string of the molecule is CCN(CC)Cc1cc([C@@H](CC(=O)c2ccccc2)S(=O)(=O)c2ccc(C)cc2)ccc1O. The number of aryl methyl sites for hydroxylation is 1. The minimum Gasteiger partial charge on any atom is -0.508 e. The van der Waals surface area contributed by atoms with Gasteiger partial charge in [-0.3, -0.25) is 9.69 Å². The summed E-state index contributed by atoms with van der Waals surface area (Å²) in [6, 6.07) is 20.3. The van der Waals surface area contributed by atoms with Crippen molar-refractivity contribution in [2.24, 2.45) is 0 Å². The van der Waals surface area contributed by atoms with E-state index in [-0.39, 0.29) is 22.8 Å². The third-order valence-electron chi connectivity index (χ3n) is 5.95. The molecular formula is C27H31NO4S. The van der Waals surface area contributed by atoms with Crippen LogP contribution in [0.5, 0.6) is 5.75 Å². The van der Waals surface area contributed by atoms with E-state index in [1.807, 2.05) is 26.8 Å². The van der Waals surface area contributed by atoms with Crippen LogP contribution in [0.4, 0.5) is 0 Å². The molecule has 6 heteroatoms. The third-order valence-corrected chi connectivity index (χ3v) is 8.07. The average molecular weight is 466 g/mol. The van der Waals surface area contributed by atoms with Gasteiger partial charge in [0.05, 0.1) is 10.1 Å². The molecule has 3 aromatic rings. The number of aromatic hydroxyl groups is 1. The zero-order valence-corrected chi connectivity index (χ0v) is 20.2. The number of phenols is 1. The van der Waals surface area contributed by atoms with Crippen molar-refractivity contribution in [2.45, 2.75) is 43.9 Å². The van der Waals surface area contributed by atoms with Crippen molar-refractivity contribution in [1.82, 2.24) is 4.90 Å². The number of rotatable bonds is 10. The minimum absolute atomic E-state index is 0.117. The molecule has 0 aromatic heterocycles. The number of hydrogen-bond acceptors (Lipinski definition) is 5. The van der Waals surface area contributed by atoms with Crippen LogP contribution < -0.4 is 0 Å². The highest BCUT2D eigenvalue weighted by molar-refractivity contribution is 7.91. The average Bonchev–Trinajstić information content (AvgIpc) is 2.82. The van der Waals surface area contributed by atoms with Crippen LogP contribution in [-0.4, -0.2) is 37.3 Å². The Morgan fingerprint density at radius 3 is 2.18 bits per heavy atom. The number of carbonyl (C=O) groups excluding carboxylic acids is 1. The summed E-state index contributed by atoms with van der Waals surface area (Å²) < 4.78 is 27.4. The zero-order chi connectivity index (χ0) is 24.0. The summed E-state index contributed by atoms with van der Waals surface area (Å²) in [5, 5.41) is 9.36. The van der Waals surface area contributed by atoms with Crippen molar-refractivity contribution in [2.75, 3.05) is 13.1 Å². The van der Waals surface area contributed by atoms with E-state index in [2.05, 4.69) is 4.90 Å². The summed E-state index contributed by atoms with van der Waals surface area (Å²) in [6.07, 6.45) is -0.185. The molecule has 0 aliphatic heterocycles. The molecule has 33 heavy (non-hydrogen) atoms. The Kier molecular flexibility index (Phi) is 8.06. The molecule has 3 aromatic carbocycles. The van der Waals surface area contributed by atoms with Gasteiger partial charge in [0.25, 0.3) is 0 Å². The van der Waals surface area contributed by atoms with Crippen molar-refractivity contribution in [3.05, 3.63) is 95.1 Å². The van der Waals surface area contributed by atoms with Crippen molar-refractivity contribution in [3.8, 4) is 5.75 Å². The van der Waals surface area contributed by atoms with Gasteiger partial charge in [0.1, 0.15) is 5.75 Å². The molecule has 0 saturated heterocycles. The number of Topliss-reactive ketones (excluding diaryl/α,β-unsaturated/α-hetero) is 1. The standard InChI is InChI=1S/C27H31NO4S/c1-4-28(5-2)19-23-17-22(13-16-25(23)29)27(18-26(30)21-9-7-6-8-10-21)33(31,32)24-14-11-20(3)12-15-24/h6-17,27,29H,4-5,18-19H2,1-3H3/t27-/m1/s1. The fourth-order valence-corrected chi connectivity index (χ4v) is 5.55. The summed E-state index contributed by atoms with van der Waals surface area (Å²) >= 11 is 0. The summed E-state index contributed by atoms with van der Waals surface area (Å²) in [7, 11) is -3.86.